The Balaban J connectivity index is 1.51. The Morgan fingerprint density at radius 1 is 1.17 bits per heavy atom. The summed E-state index contributed by atoms with van der Waals surface area (Å²) in [5, 5.41) is 10.7. The summed E-state index contributed by atoms with van der Waals surface area (Å²) in [6.45, 7) is 0.346. The van der Waals surface area contributed by atoms with Crippen LogP contribution < -0.4 is 11.2 Å². The summed E-state index contributed by atoms with van der Waals surface area (Å²) in [4.78, 5) is 50.6. The van der Waals surface area contributed by atoms with Crippen LogP contribution in [0.2, 0.25) is 0 Å². The number of rotatable bonds is 2. The minimum Gasteiger partial charge on any atom is -0.389 e. The van der Waals surface area contributed by atoms with Crippen LogP contribution in [0.1, 0.15) is 16.4 Å². The van der Waals surface area contributed by atoms with Crippen molar-refractivity contribution in [1.82, 2.24) is 33.6 Å². The van der Waals surface area contributed by atoms with Gasteiger partial charge in [0.05, 0.1) is 35.8 Å². The number of imidazole rings is 2. The van der Waals surface area contributed by atoms with E-state index in [1.807, 2.05) is 0 Å². The number of nitrogens with zero attached hydrogens (tertiary/aromatic N) is 6. The standard InChI is InChI=1S/C19H19N7O4/c1-23-16-15(18(29)24(2)19(23)30)22-9-26(16)13-6-25(7-14(13)27)17(28)10-3-4-11-12(5-10)21-8-20-11/h3-5,8-9,13-14,27H,6-7H2,1-2H3,(H,20,21)/t13-,14-/m0/s1. The fourth-order valence-electron chi connectivity index (χ4n) is 4.10. The molecule has 0 aliphatic carbocycles. The molecular weight excluding hydrogens is 390 g/mol. The molecule has 2 atom stereocenters. The third-order valence-corrected chi connectivity index (χ3v) is 5.74. The van der Waals surface area contributed by atoms with Gasteiger partial charge in [0.15, 0.2) is 5.52 Å². The number of hydrogen-bond donors (Lipinski definition) is 2. The van der Waals surface area contributed by atoms with E-state index in [4.69, 9.17) is 0 Å². The minimum atomic E-state index is -0.874. The van der Waals surface area contributed by atoms with Crippen molar-refractivity contribution in [3.63, 3.8) is 0 Å². The van der Waals surface area contributed by atoms with Crippen molar-refractivity contribution in [1.29, 1.82) is 0 Å². The highest BCUT2D eigenvalue weighted by Gasteiger charge is 2.37. The van der Waals surface area contributed by atoms with E-state index in [0.717, 1.165) is 15.6 Å². The molecule has 0 unspecified atom stereocenters. The van der Waals surface area contributed by atoms with Crippen LogP contribution in [0.25, 0.3) is 22.2 Å². The summed E-state index contributed by atoms with van der Waals surface area (Å²) in [5.74, 6) is -0.220. The van der Waals surface area contributed by atoms with E-state index < -0.39 is 23.4 Å². The number of likely N-dealkylation sites (tertiary alicyclic amines) is 1. The second kappa shape index (κ2) is 6.39. The van der Waals surface area contributed by atoms with Crippen LogP contribution in [0, 0.1) is 0 Å². The Kier molecular flexibility index (Phi) is 3.90. The van der Waals surface area contributed by atoms with Crippen molar-refractivity contribution in [3.8, 4) is 0 Å². The molecule has 1 aromatic carbocycles. The lowest BCUT2D eigenvalue weighted by Gasteiger charge is -2.18. The number of amides is 1. The molecule has 3 aromatic heterocycles. The van der Waals surface area contributed by atoms with Crippen molar-refractivity contribution in [3.05, 3.63) is 57.3 Å². The molecule has 30 heavy (non-hydrogen) atoms. The first-order valence-corrected chi connectivity index (χ1v) is 9.40. The molecule has 5 rings (SSSR count). The van der Waals surface area contributed by atoms with Gasteiger partial charge in [0, 0.05) is 32.7 Å². The molecule has 1 saturated heterocycles. The largest absolute Gasteiger partial charge is 0.389 e. The van der Waals surface area contributed by atoms with Gasteiger partial charge in [-0.05, 0) is 18.2 Å². The van der Waals surface area contributed by atoms with Crippen LogP contribution in [0.4, 0.5) is 0 Å². The Morgan fingerprint density at radius 3 is 2.77 bits per heavy atom. The Bertz CT molecular complexity index is 1430. The van der Waals surface area contributed by atoms with E-state index in [1.54, 1.807) is 41.0 Å². The van der Waals surface area contributed by atoms with Gasteiger partial charge in [-0.1, -0.05) is 0 Å². The van der Waals surface area contributed by atoms with Crippen LogP contribution in [0.15, 0.2) is 40.4 Å². The molecule has 1 fully saturated rings. The number of benzene rings is 1. The zero-order chi connectivity index (χ0) is 21.2. The molecule has 2 N–H and O–H groups in total. The third kappa shape index (κ3) is 2.52. The van der Waals surface area contributed by atoms with Gasteiger partial charge in [0.25, 0.3) is 11.5 Å². The second-order valence-corrected chi connectivity index (χ2v) is 7.51. The Hall–Kier alpha value is -3.73. The van der Waals surface area contributed by atoms with Crippen molar-refractivity contribution < 1.29 is 9.90 Å². The highest BCUT2D eigenvalue weighted by Crippen LogP contribution is 2.26. The number of aliphatic hydroxyl groups is 1. The summed E-state index contributed by atoms with van der Waals surface area (Å²) in [6.07, 6.45) is 2.12. The number of aryl methyl sites for hydroxylation is 1. The summed E-state index contributed by atoms with van der Waals surface area (Å²) in [6, 6.07) is 4.65. The molecule has 4 heterocycles. The lowest BCUT2D eigenvalue weighted by Crippen LogP contribution is -2.38. The smallest absolute Gasteiger partial charge is 0.332 e. The van der Waals surface area contributed by atoms with E-state index in [0.29, 0.717) is 11.2 Å². The monoisotopic (exact) mass is 409 g/mol. The molecule has 0 spiro atoms. The molecule has 4 aromatic rings. The Morgan fingerprint density at radius 2 is 1.97 bits per heavy atom. The number of carbonyl (C=O) groups is 1. The summed E-state index contributed by atoms with van der Waals surface area (Å²) >= 11 is 0. The van der Waals surface area contributed by atoms with E-state index >= 15 is 0 Å². The van der Waals surface area contributed by atoms with Gasteiger partial charge in [-0.15, -0.1) is 0 Å². The lowest BCUT2D eigenvalue weighted by atomic mass is 10.2. The van der Waals surface area contributed by atoms with Crippen LogP contribution in [0.3, 0.4) is 0 Å². The van der Waals surface area contributed by atoms with Gasteiger partial charge in [0.1, 0.15) is 5.65 Å². The molecular formula is C19H19N7O4. The predicted molar refractivity (Wildman–Crippen MR) is 107 cm³/mol. The maximum Gasteiger partial charge on any atom is 0.332 e. The van der Waals surface area contributed by atoms with Crippen molar-refractivity contribution in [2.45, 2.75) is 12.1 Å². The average Bonchev–Trinajstić information content (AvgIpc) is 3.47. The van der Waals surface area contributed by atoms with E-state index in [2.05, 4.69) is 15.0 Å². The normalized spacial score (nSPS) is 19.2. The molecule has 1 aliphatic rings. The van der Waals surface area contributed by atoms with Crippen molar-refractivity contribution >= 4 is 28.1 Å². The second-order valence-electron chi connectivity index (χ2n) is 7.51. The molecule has 1 aliphatic heterocycles. The number of nitrogens with one attached hydrogen (secondary N) is 1. The van der Waals surface area contributed by atoms with Crippen LogP contribution >= 0.6 is 0 Å². The summed E-state index contributed by atoms with van der Waals surface area (Å²) in [5.41, 5.74) is 1.47. The fourth-order valence-corrected chi connectivity index (χ4v) is 4.10. The van der Waals surface area contributed by atoms with Gasteiger partial charge in [0.2, 0.25) is 0 Å². The summed E-state index contributed by atoms with van der Waals surface area (Å²) < 4.78 is 3.92. The number of β-amino-alcohol motifs (C(OH)–C–C–N with tert-alkyl or cyclic N) is 1. The van der Waals surface area contributed by atoms with Crippen molar-refractivity contribution in [2.75, 3.05) is 13.1 Å². The zero-order valence-electron chi connectivity index (χ0n) is 16.3. The topological polar surface area (TPSA) is 131 Å². The number of hydrogen-bond acceptors (Lipinski definition) is 6. The average molecular weight is 409 g/mol. The number of fused-ring (bicyclic) bond motifs is 2. The number of aliphatic hydroxyl groups excluding tert-OH is 1. The molecule has 1 amide bonds. The maximum atomic E-state index is 13.0. The zero-order valence-corrected chi connectivity index (χ0v) is 16.3. The quantitative estimate of drug-likeness (QED) is 0.453. The lowest BCUT2D eigenvalue weighted by molar-refractivity contribution is 0.0765. The first-order valence-electron chi connectivity index (χ1n) is 9.40. The number of aromatic nitrogens is 6. The predicted octanol–water partition coefficient (Wildman–Crippen LogP) is -0.632. The van der Waals surface area contributed by atoms with Gasteiger partial charge in [-0.2, -0.15) is 0 Å². The van der Waals surface area contributed by atoms with Gasteiger partial charge in [-0.25, -0.2) is 14.8 Å². The molecule has 11 nitrogen and oxygen atoms in total. The fraction of sp³-hybridized carbons (Fsp3) is 0.316. The SMILES string of the molecule is Cn1c(=O)c2ncn([C@H]3CN(C(=O)c4ccc5nc[nH]c5c4)C[C@@H]3O)c2n(C)c1=O. The molecule has 11 heteroatoms. The van der Waals surface area contributed by atoms with Crippen LogP contribution in [-0.2, 0) is 14.1 Å². The summed E-state index contributed by atoms with van der Waals surface area (Å²) in [7, 11) is 2.94. The van der Waals surface area contributed by atoms with Gasteiger partial charge >= 0.3 is 5.69 Å². The van der Waals surface area contributed by atoms with E-state index in [9.17, 15) is 19.5 Å². The van der Waals surface area contributed by atoms with Gasteiger partial charge in [-0.3, -0.25) is 18.7 Å². The van der Waals surface area contributed by atoms with Crippen LogP contribution in [0.5, 0.6) is 0 Å². The van der Waals surface area contributed by atoms with Gasteiger partial charge < -0.3 is 19.6 Å². The maximum absolute atomic E-state index is 13.0. The first kappa shape index (κ1) is 18.3. The number of aromatic amines is 1. The number of H-pyrrole nitrogens is 1. The highest BCUT2D eigenvalue weighted by molar-refractivity contribution is 5.97. The first-order chi connectivity index (χ1) is 14.4. The van der Waals surface area contributed by atoms with E-state index in [-0.39, 0.29) is 24.5 Å². The van der Waals surface area contributed by atoms with Crippen LogP contribution in [-0.4, -0.2) is 63.8 Å². The highest BCUT2D eigenvalue weighted by atomic mass is 16.3. The molecule has 154 valence electrons. The number of carbonyl (C=O) groups excluding carboxylic acids is 1. The molecule has 0 saturated carbocycles. The third-order valence-electron chi connectivity index (χ3n) is 5.74. The Labute approximate surface area is 168 Å². The molecule has 0 radical (unpaired) electrons. The molecule has 0 bridgehead atoms. The van der Waals surface area contributed by atoms with E-state index in [1.165, 1.54) is 17.9 Å². The van der Waals surface area contributed by atoms with Crippen molar-refractivity contribution in [2.24, 2.45) is 14.1 Å². The minimum absolute atomic E-state index is 0.128.